The number of hydrogen-bond donors (Lipinski definition) is 1. The van der Waals surface area contributed by atoms with Crippen LogP contribution in [0.1, 0.15) is 29.9 Å². The van der Waals surface area contributed by atoms with E-state index >= 15 is 0 Å². The number of ether oxygens (including phenoxy) is 1. The van der Waals surface area contributed by atoms with Crippen molar-refractivity contribution in [2.75, 3.05) is 0 Å². The Labute approximate surface area is 177 Å². The maximum atomic E-state index is 12.6. The standard InChI is InChI=1S/C21H20N6O2S/c1-14(2)29-17-7-5-15(6-8-17)21-26-18(11-30-21)20(28)24-10-16-4-3-9-23-19(16)27-13-22-12-25-27/h3-9,11-14H,10H2,1-2H3,(H,24,28). The van der Waals surface area contributed by atoms with Crippen LogP contribution in [0.5, 0.6) is 5.75 Å². The molecule has 0 radical (unpaired) electrons. The molecule has 0 fully saturated rings. The van der Waals surface area contributed by atoms with E-state index in [1.807, 2.05) is 50.2 Å². The van der Waals surface area contributed by atoms with E-state index in [-0.39, 0.29) is 12.0 Å². The largest absolute Gasteiger partial charge is 0.491 e. The Balaban J connectivity index is 1.43. The van der Waals surface area contributed by atoms with Crippen molar-refractivity contribution in [1.29, 1.82) is 0 Å². The van der Waals surface area contributed by atoms with E-state index in [2.05, 4.69) is 25.4 Å². The summed E-state index contributed by atoms with van der Waals surface area (Å²) in [6, 6.07) is 11.4. The van der Waals surface area contributed by atoms with Crippen LogP contribution in [0.3, 0.4) is 0 Å². The molecule has 0 spiro atoms. The van der Waals surface area contributed by atoms with Crippen LogP contribution < -0.4 is 10.1 Å². The third-order valence-corrected chi connectivity index (χ3v) is 5.04. The van der Waals surface area contributed by atoms with Crippen LogP contribution in [0.25, 0.3) is 16.4 Å². The van der Waals surface area contributed by atoms with Gasteiger partial charge >= 0.3 is 0 Å². The van der Waals surface area contributed by atoms with Crippen LogP contribution in [-0.4, -0.2) is 36.7 Å². The minimum Gasteiger partial charge on any atom is -0.491 e. The van der Waals surface area contributed by atoms with Gasteiger partial charge < -0.3 is 10.1 Å². The normalized spacial score (nSPS) is 10.9. The van der Waals surface area contributed by atoms with Crippen molar-refractivity contribution >= 4 is 17.2 Å². The van der Waals surface area contributed by atoms with Crippen molar-refractivity contribution < 1.29 is 9.53 Å². The van der Waals surface area contributed by atoms with E-state index in [1.54, 1.807) is 22.6 Å². The van der Waals surface area contributed by atoms with Crippen molar-refractivity contribution in [1.82, 2.24) is 30.0 Å². The number of pyridine rings is 1. The Morgan fingerprint density at radius 2 is 2.07 bits per heavy atom. The molecule has 8 nitrogen and oxygen atoms in total. The molecule has 3 heterocycles. The van der Waals surface area contributed by atoms with Crippen LogP contribution in [-0.2, 0) is 6.54 Å². The number of thiazole rings is 1. The Morgan fingerprint density at radius 3 is 2.80 bits per heavy atom. The van der Waals surface area contributed by atoms with Gasteiger partial charge in [-0.15, -0.1) is 11.3 Å². The highest BCUT2D eigenvalue weighted by Crippen LogP contribution is 2.26. The summed E-state index contributed by atoms with van der Waals surface area (Å²) < 4.78 is 7.23. The second kappa shape index (κ2) is 8.83. The van der Waals surface area contributed by atoms with Gasteiger partial charge in [-0.25, -0.2) is 19.6 Å². The van der Waals surface area contributed by atoms with E-state index < -0.39 is 0 Å². The van der Waals surface area contributed by atoms with Crippen LogP contribution in [0.15, 0.2) is 60.6 Å². The third kappa shape index (κ3) is 4.52. The molecule has 0 aliphatic heterocycles. The van der Waals surface area contributed by atoms with Gasteiger partial charge in [0.25, 0.3) is 5.91 Å². The Bertz CT molecular complexity index is 1120. The zero-order valence-corrected chi connectivity index (χ0v) is 17.3. The van der Waals surface area contributed by atoms with Gasteiger partial charge in [-0.1, -0.05) is 6.07 Å². The number of rotatable bonds is 7. The number of hydrogen-bond acceptors (Lipinski definition) is 7. The maximum absolute atomic E-state index is 12.6. The summed E-state index contributed by atoms with van der Waals surface area (Å²) in [6.45, 7) is 4.27. The molecule has 1 N–H and O–H groups in total. The Hall–Kier alpha value is -3.59. The zero-order valence-electron chi connectivity index (χ0n) is 16.5. The van der Waals surface area contributed by atoms with Gasteiger partial charge in [0.05, 0.1) is 6.10 Å². The summed E-state index contributed by atoms with van der Waals surface area (Å²) in [5, 5.41) is 9.53. The van der Waals surface area contributed by atoms with Gasteiger partial charge in [0.1, 0.15) is 29.1 Å². The smallest absolute Gasteiger partial charge is 0.271 e. The van der Waals surface area contributed by atoms with Crippen molar-refractivity contribution in [2.24, 2.45) is 0 Å². The fourth-order valence-electron chi connectivity index (χ4n) is 2.82. The number of carbonyl (C=O) groups is 1. The first-order chi connectivity index (χ1) is 14.6. The molecule has 3 aromatic heterocycles. The summed E-state index contributed by atoms with van der Waals surface area (Å²) >= 11 is 1.43. The summed E-state index contributed by atoms with van der Waals surface area (Å²) in [7, 11) is 0. The summed E-state index contributed by atoms with van der Waals surface area (Å²) in [4.78, 5) is 25.3. The van der Waals surface area contributed by atoms with Crippen LogP contribution in [0.2, 0.25) is 0 Å². The SMILES string of the molecule is CC(C)Oc1ccc(-c2nc(C(=O)NCc3cccnc3-n3cncn3)cs2)cc1. The van der Waals surface area contributed by atoms with Gasteiger partial charge in [-0.05, 0) is 44.2 Å². The van der Waals surface area contributed by atoms with Crippen LogP contribution in [0.4, 0.5) is 0 Å². The molecular weight excluding hydrogens is 400 g/mol. The molecule has 1 aromatic carbocycles. The van der Waals surface area contributed by atoms with Crippen molar-refractivity contribution in [3.8, 4) is 22.1 Å². The average Bonchev–Trinajstić information content (AvgIpc) is 3.45. The van der Waals surface area contributed by atoms with E-state index in [1.165, 1.54) is 17.7 Å². The first-order valence-corrected chi connectivity index (χ1v) is 10.3. The quantitative estimate of drug-likeness (QED) is 0.492. The predicted octanol–water partition coefficient (Wildman–Crippen LogP) is 3.50. The van der Waals surface area contributed by atoms with E-state index in [4.69, 9.17) is 4.74 Å². The molecule has 4 aromatic rings. The number of aromatic nitrogens is 5. The highest BCUT2D eigenvalue weighted by molar-refractivity contribution is 7.13. The highest BCUT2D eigenvalue weighted by atomic mass is 32.1. The molecule has 0 saturated carbocycles. The minimum atomic E-state index is -0.245. The van der Waals surface area contributed by atoms with Crippen molar-refractivity contribution in [3.05, 3.63) is 71.9 Å². The lowest BCUT2D eigenvalue weighted by atomic mass is 10.2. The number of carbonyl (C=O) groups excluding carboxylic acids is 1. The molecule has 1 amide bonds. The molecule has 0 unspecified atom stereocenters. The summed E-state index contributed by atoms with van der Waals surface area (Å²) in [6.07, 6.45) is 4.80. The second-order valence-corrected chi connectivity index (χ2v) is 7.60. The molecular formula is C21H20N6O2S. The van der Waals surface area contributed by atoms with Crippen molar-refractivity contribution in [3.63, 3.8) is 0 Å². The Morgan fingerprint density at radius 1 is 1.23 bits per heavy atom. The average molecular weight is 420 g/mol. The van der Waals surface area contributed by atoms with Gasteiger partial charge in [0.15, 0.2) is 5.82 Å². The Kier molecular flexibility index (Phi) is 5.80. The van der Waals surface area contributed by atoms with Gasteiger partial charge in [-0.3, -0.25) is 4.79 Å². The lowest BCUT2D eigenvalue weighted by Crippen LogP contribution is -2.24. The lowest BCUT2D eigenvalue weighted by Gasteiger charge is -2.09. The summed E-state index contributed by atoms with van der Waals surface area (Å²) in [5.74, 6) is 1.19. The minimum absolute atomic E-state index is 0.121. The number of amides is 1. The fraction of sp³-hybridized carbons (Fsp3) is 0.190. The van der Waals surface area contributed by atoms with E-state index in [0.717, 1.165) is 21.9 Å². The number of benzene rings is 1. The van der Waals surface area contributed by atoms with Crippen LogP contribution in [0, 0.1) is 0 Å². The zero-order chi connectivity index (χ0) is 20.9. The molecule has 0 aliphatic carbocycles. The molecule has 0 atom stereocenters. The molecule has 4 rings (SSSR count). The molecule has 0 aliphatic rings. The van der Waals surface area contributed by atoms with E-state index in [9.17, 15) is 4.79 Å². The molecule has 30 heavy (non-hydrogen) atoms. The first kappa shape index (κ1) is 19.7. The maximum Gasteiger partial charge on any atom is 0.271 e. The summed E-state index contributed by atoms with van der Waals surface area (Å²) in [5.41, 5.74) is 2.15. The van der Waals surface area contributed by atoms with Crippen molar-refractivity contribution in [2.45, 2.75) is 26.5 Å². The van der Waals surface area contributed by atoms with E-state index in [0.29, 0.717) is 18.1 Å². The predicted molar refractivity (Wildman–Crippen MR) is 114 cm³/mol. The molecule has 0 saturated heterocycles. The second-order valence-electron chi connectivity index (χ2n) is 6.74. The number of nitrogens with one attached hydrogen (secondary N) is 1. The van der Waals surface area contributed by atoms with Gasteiger partial charge in [-0.2, -0.15) is 5.10 Å². The van der Waals surface area contributed by atoms with Gasteiger partial charge in [0.2, 0.25) is 0 Å². The topological polar surface area (TPSA) is 94.8 Å². The molecule has 9 heteroatoms. The highest BCUT2D eigenvalue weighted by Gasteiger charge is 2.14. The van der Waals surface area contributed by atoms with Crippen LogP contribution >= 0.6 is 11.3 Å². The van der Waals surface area contributed by atoms with Gasteiger partial charge in [0, 0.05) is 29.2 Å². The monoisotopic (exact) mass is 420 g/mol. The first-order valence-electron chi connectivity index (χ1n) is 9.40. The number of nitrogens with zero attached hydrogens (tertiary/aromatic N) is 5. The molecule has 152 valence electrons. The lowest BCUT2D eigenvalue weighted by molar-refractivity contribution is 0.0946. The third-order valence-electron chi connectivity index (χ3n) is 4.15. The molecule has 0 bridgehead atoms. The fourth-order valence-corrected chi connectivity index (χ4v) is 3.62.